The lowest BCUT2D eigenvalue weighted by atomic mass is 10.1. The average Bonchev–Trinajstić information content (AvgIpc) is 2.48. The molecule has 0 bridgehead atoms. The number of aryl methyl sites for hydroxylation is 2. The Balaban J connectivity index is 2.39. The van der Waals surface area contributed by atoms with Crippen LogP contribution in [0.4, 0.5) is 5.69 Å². The number of amides is 1. The molecule has 0 spiro atoms. The second-order valence-electron chi connectivity index (χ2n) is 5.64. The highest BCUT2D eigenvalue weighted by atomic mass is 79.9. The number of halogens is 1. The van der Waals surface area contributed by atoms with Crippen LogP contribution in [0.1, 0.15) is 47.2 Å². The van der Waals surface area contributed by atoms with Gasteiger partial charge in [0.15, 0.2) is 0 Å². The van der Waals surface area contributed by atoms with Crippen molar-refractivity contribution >= 4 is 39.3 Å². The smallest absolute Gasteiger partial charge is 0.260 e. The Morgan fingerprint density at radius 3 is 2.52 bits per heavy atom. The molecule has 122 valence electrons. The van der Waals surface area contributed by atoms with Gasteiger partial charge in [0, 0.05) is 10.4 Å². The molecule has 1 heterocycles. The quantitative estimate of drug-likeness (QED) is 0.589. The van der Waals surface area contributed by atoms with E-state index in [-0.39, 0.29) is 11.8 Å². The molecule has 0 saturated carbocycles. The predicted octanol–water partition coefficient (Wildman–Crippen LogP) is 4.95. The monoisotopic (exact) mass is 393 g/mol. The van der Waals surface area contributed by atoms with E-state index in [0.29, 0.717) is 16.3 Å². The molecule has 23 heavy (non-hydrogen) atoms. The van der Waals surface area contributed by atoms with Gasteiger partial charge in [0.2, 0.25) is 0 Å². The molecule has 0 atom stereocenters. The zero-order chi connectivity index (χ0) is 17.1. The van der Waals surface area contributed by atoms with Crippen molar-refractivity contribution in [1.29, 1.82) is 0 Å². The Hall–Kier alpha value is -1.40. The second kappa shape index (κ2) is 7.45. The van der Waals surface area contributed by atoms with Gasteiger partial charge in [-0.25, -0.2) is 9.97 Å². The first kappa shape index (κ1) is 17.9. The van der Waals surface area contributed by atoms with Gasteiger partial charge in [0.25, 0.3) is 5.91 Å². The van der Waals surface area contributed by atoms with E-state index in [1.165, 1.54) is 11.8 Å². The van der Waals surface area contributed by atoms with E-state index in [0.717, 1.165) is 21.5 Å². The molecule has 0 aliphatic carbocycles. The predicted molar refractivity (Wildman–Crippen MR) is 99.5 cm³/mol. The summed E-state index contributed by atoms with van der Waals surface area (Å²) < 4.78 is 0.855. The highest BCUT2D eigenvalue weighted by Crippen LogP contribution is 2.27. The molecule has 1 aromatic heterocycles. The molecule has 1 N–H and O–H groups in total. The van der Waals surface area contributed by atoms with Gasteiger partial charge in [-0.2, -0.15) is 0 Å². The van der Waals surface area contributed by atoms with Gasteiger partial charge in [0.1, 0.15) is 10.9 Å². The van der Waals surface area contributed by atoms with Crippen LogP contribution in [0.25, 0.3) is 0 Å². The van der Waals surface area contributed by atoms with Crippen molar-refractivity contribution in [3.8, 4) is 0 Å². The summed E-state index contributed by atoms with van der Waals surface area (Å²) in [6.07, 6.45) is 1.92. The molecular weight excluding hydrogens is 374 g/mol. The summed E-state index contributed by atoms with van der Waals surface area (Å²) in [7, 11) is 0. The minimum atomic E-state index is -0.188. The second-order valence-corrected chi connectivity index (χ2v) is 7.29. The number of rotatable bonds is 4. The number of anilines is 1. The van der Waals surface area contributed by atoms with Crippen LogP contribution in [-0.4, -0.2) is 22.1 Å². The van der Waals surface area contributed by atoms with Crippen molar-refractivity contribution in [2.75, 3.05) is 11.6 Å². The van der Waals surface area contributed by atoms with Crippen molar-refractivity contribution < 1.29 is 4.79 Å². The number of benzene rings is 1. The average molecular weight is 394 g/mol. The van der Waals surface area contributed by atoms with Gasteiger partial charge >= 0.3 is 0 Å². The molecule has 4 nitrogen and oxygen atoms in total. The number of hydrogen-bond acceptors (Lipinski definition) is 4. The molecule has 0 aliphatic heterocycles. The van der Waals surface area contributed by atoms with Crippen LogP contribution >= 0.6 is 27.7 Å². The SMILES string of the molecule is CSc1nc(C(C)C)nc(C)c1C(=O)Nc1ccc(C)cc1Br. The van der Waals surface area contributed by atoms with Crippen molar-refractivity contribution in [3.05, 3.63) is 45.3 Å². The molecule has 6 heteroatoms. The molecular formula is C17H20BrN3OS. The third kappa shape index (κ3) is 4.12. The van der Waals surface area contributed by atoms with Crippen molar-refractivity contribution in [1.82, 2.24) is 9.97 Å². The van der Waals surface area contributed by atoms with Crippen molar-refractivity contribution in [3.63, 3.8) is 0 Å². The summed E-state index contributed by atoms with van der Waals surface area (Å²) in [4.78, 5) is 21.7. The minimum Gasteiger partial charge on any atom is -0.321 e. The van der Waals surface area contributed by atoms with Crippen molar-refractivity contribution in [2.24, 2.45) is 0 Å². The van der Waals surface area contributed by atoms with Gasteiger partial charge < -0.3 is 5.32 Å². The number of thioether (sulfide) groups is 1. The summed E-state index contributed by atoms with van der Waals surface area (Å²) in [5.74, 6) is 0.801. The summed E-state index contributed by atoms with van der Waals surface area (Å²) >= 11 is 4.94. The summed E-state index contributed by atoms with van der Waals surface area (Å²) in [5, 5.41) is 3.65. The first-order valence-electron chi connectivity index (χ1n) is 7.33. The minimum absolute atomic E-state index is 0.188. The van der Waals surface area contributed by atoms with E-state index in [4.69, 9.17) is 0 Å². The van der Waals surface area contributed by atoms with E-state index >= 15 is 0 Å². The van der Waals surface area contributed by atoms with Crippen LogP contribution in [0.5, 0.6) is 0 Å². The Kier molecular flexibility index (Phi) is 5.81. The Morgan fingerprint density at radius 2 is 1.96 bits per heavy atom. The molecule has 2 aromatic rings. The molecule has 0 fully saturated rings. The zero-order valence-electron chi connectivity index (χ0n) is 13.9. The number of nitrogens with zero attached hydrogens (tertiary/aromatic N) is 2. The van der Waals surface area contributed by atoms with Crippen LogP contribution in [0.3, 0.4) is 0 Å². The fraction of sp³-hybridized carbons (Fsp3) is 0.353. The Morgan fingerprint density at radius 1 is 1.26 bits per heavy atom. The molecule has 2 rings (SSSR count). The number of carbonyl (C=O) groups excluding carboxylic acids is 1. The third-order valence-electron chi connectivity index (χ3n) is 3.38. The Bertz CT molecular complexity index is 747. The van der Waals surface area contributed by atoms with Crippen LogP contribution in [0.2, 0.25) is 0 Å². The highest BCUT2D eigenvalue weighted by molar-refractivity contribution is 9.10. The van der Waals surface area contributed by atoms with Crippen LogP contribution in [0.15, 0.2) is 27.7 Å². The summed E-state index contributed by atoms with van der Waals surface area (Å²) in [5.41, 5.74) is 3.10. The van der Waals surface area contributed by atoms with Crippen LogP contribution in [-0.2, 0) is 0 Å². The van der Waals surface area contributed by atoms with Crippen LogP contribution < -0.4 is 5.32 Å². The first-order chi connectivity index (χ1) is 10.8. The number of hydrogen-bond donors (Lipinski definition) is 1. The standard InChI is InChI=1S/C17H20BrN3OS/c1-9(2)15-19-11(4)14(17(21-15)23-5)16(22)20-13-7-6-10(3)8-12(13)18/h6-9H,1-5H3,(H,20,22). The summed E-state index contributed by atoms with van der Waals surface area (Å²) in [6.45, 7) is 7.95. The van der Waals surface area contributed by atoms with E-state index < -0.39 is 0 Å². The molecule has 0 aliphatic rings. The first-order valence-corrected chi connectivity index (χ1v) is 9.35. The van der Waals surface area contributed by atoms with Gasteiger partial charge in [-0.1, -0.05) is 19.9 Å². The van der Waals surface area contributed by atoms with E-state index in [1.807, 2.05) is 52.1 Å². The number of aromatic nitrogens is 2. The maximum absolute atomic E-state index is 12.7. The topological polar surface area (TPSA) is 54.9 Å². The lowest BCUT2D eigenvalue weighted by molar-refractivity contribution is 0.102. The molecule has 1 amide bonds. The van der Waals surface area contributed by atoms with Gasteiger partial charge in [-0.05, 0) is 53.7 Å². The van der Waals surface area contributed by atoms with Gasteiger partial charge in [-0.15, -0.1) is 11.8 Å². The van der Waals surface area contributed by atoms with E-state index in [2.05, 4.69) is 31.2 Å². The van der Waals surface area contributed by atoms with E-state index in [1.54, 1.807) is 0 Å². The lowest BCUT2D eigenvalue weighted by Gasteiger charge is -2.14. The maximum atomic E-state index is 12.7. The van der Waals surface area contributed by atoms with Crippen molar-refractivity contribution in [2.45, 2.75) is 38.6 Å². The van der Waals surface area contributed by atoms with Gasteiger partial charge in [0.05, 0.1) is 16.9 Å². The maximum Gasteiger partial charge on any atom is 0.260 e. The Labute approximate surface area is 149 Å². The third-order valence-corrected chi connectivity index (χ3v) is 4.72. The fourth-order valence-electron chi connectivity index (χ4n) is 2.14. The lowest BCUT2D eigenvalue weighted by Crippen LogP contribution is -2.18. The molecule has 1 aromatic carbocycles. The highest BCUT2D eigenvalue weighted by Gasteiger charge is 2.20. The zero-order valence-corrected chi connectivity index (χ0v) is 16.3. The largest absolute Gasteiger partial charge is 0.321 e. The number of carbonyl (C=O) groups is 1. The van der Waals surface area contributed by atoms with Gasteiger partial charge in [-0.3, -0.25) is 4.79 Å². The fourth-order valence-corrected chi connectivity index (χ4v) is 3.36. The summed E-state index contributed by atoms with van der Waals surface area (Å²) in [6, 6.07) is 5.81. The van der Waals surface area contributed by atoms with E-state index in [9.17, 15) is 4.79 Å². The number of nitrogens with one attached hydrogen (secondary N) is 1. The molecule has 0 unspecified atom stereocenters. The molecule has 0 saturated heterocycles. The van der Waals surface area contributed by atoms with Crippen LogP contribution in [0, 0.1) is 13.8 Å². The molecule has 0 radical (unpaired) electrons. The normalized spacial score (nSPS) is 10.9.